The van der Waals surface area contributed by atoms with Crippen LogP contribution in [0.2, 0.25) is 0 Å². The zero-order valence-electron chi connectivity index (χ0n) is 9.19. The van der Waals surface area contributed by atoms with Crippen molar-refractivity contribution >= 4 is 15.9 Å². The van der Waals surface area contributed by atoms with Gasteiger partial charge in [-0.25, -0.2) is 4.39 Å². The molecule has 1 nitrogen and oxygen atoms in total. The van der Waals surface area contributed by atoms with Gasteiger partial charge in [0.15, 0.2) is 0 Å². The fourth-order valence-corrected chi connectivity index (χ4v) is 2.13. The average molecular weight is 274 g/mol. The van der Waals surface area contributed by atoms with Crippen LogP contribution in [0.5, 0.6) is 0 Å². The largest absolute Gasteiger partial charge is 0.325 e. The summed E-state index contributed by atoms with van der Waals surface area (Å²) in [6.45, 7) is 4.13. The van der Waals surface area contributed by atoms with Gasteiger partial charge in [0.05, 0.1) is 0 Å². The Balaban J connectivity index is 2.88. The molecule has 0 saturated carbocycles. The summed E-state index contributed by atoms with van der Waals surface area (Å²) in [5.41, 5.74) is 6.93. The van der Waals surface area contributed by atoms with Crippen LogP contribution in [-0.2, 0) is 6.42 Å². The Morgan fingerprint density at radius 3 is 2.33 bits per heavy atom. The number of rotatable bonds is 4. The molecule has 2 N–H and O–H groups in total. The van der Waals surface area contributed by atoms with Crippen LogP contribution >= 0.6 is 15.9 Å². The van der Waals surface area contributed by atoms with Crippen molar-refractivity contribution in [3.63, 3.8) is 0 Å². The van der Waals surface area contributed by atoms with Crippen LogP contribution in [-0.4, -0.2) is 5.54 Å². The van der Waals surface area contributed by atoms with Gasteiger partial charge < -0.3 is 5.73 Å². The summed E-state index contributed by atoms with van der Waals surface area (Å²) in [6, 6.07) is 4.94. The third kappa shape index (κ3) is 3.58. The molecule has 0 spiro atoms. The Labute approximate surface area is 99.0 Å². The van der Waals surface area contributed by atoms with Crippen molar-refractivity contribution in [2.45, 2.75) is 38.6 Å². The fraction of sp³-hybridized carbons (Fsp3) is 0.500. The molecule has 0 amide bonds. The maximum atomic E-state index is 13.1. The second-order valence-electron chi connectivity index (χ2n) is 4.02. The molecule has 0 atom stereocenters. The lowest BCUT2D eigenvalue weighted by molar-refractivity contribution is 0.392. The highest BCUT2D eigenvalue weighted by molar-refractivity contribution is 9.10. The predicted octanol–water partition coefficient (Wildman–Crippen LogP) is 3.65. The summed E-state index contributed by atoms with van der Waals surface area (Å²) in [6.07, 6.45) is 2.52. The van der Waals surface area contributed by atoms with Crippen molar-refractivity contribution in [2.75, 3.05) is 0 Å². The van der Waals surface area contributed by atoms with Gasteiger partial charge in [0.25, 0.3) is 0 Å². The normalized spacial score (nSPS) is 11.8. The number of halogens is 2. The molecule has 0 aromatic heterocycles. The van der Waals surface area contributed by atoms with Crippen LogP contribution in [0.4, 0.5) is 4.39 Å². The van der Waals surface area contributed by atoms with Gasteiger partial charge in [-0.15, -0.1) is 0 Å². The first kappa shape index (κ1) is 12.7. The Morgan fingerprint density at radius 2 is 1.87 bits per heavy atom. The van der Waals surface area contributed by atoms with Crippen molar-refractivity contribution in [1.82, 2.24) is 0 Å². The highest BCUT2D eigenvalue weighted by atomic mass is 79.9. The van der Waals surface area contributed by atoms with Gasteiger partial charge in [0, 0.05) is 10.0 Å². The number of benzene rings is 1. The van der Waals surface area contributed by atoms with Crippen LogP contribution in [0.3, 0.4) is 0 Å². The molecule has 0 saturated heterocycles. The summed E-state index contributed by atoms with van der Waals surface area (Å²) in [5, 5.41) is 0. The summed E-state index contributed by atoms with van der Waals surface area (Å²) < 4.78 is 13.9. The van der Waals surface area contributed by atoms with Crippen molar-refractivity contribution in [2.24, 2.45) is 5.73 Å². The summed E-state index contributed by atoms with van der Waals surface area (Å²) >= 11 is 3.28. The Morgan fingerprint density at radius 1 is 1.27 bits per heavy atom. The van der Waals surface area contributed by atoms with E-state index in [1.54, 1.807) is 6.07 Å². The molecule has 3 heteroatoms. The molecule has 0 heterocycles. The first-order valence-corrected chi connectivity index (χ1v) is 6.02. The lowest BCUT2D eigenvalue weighted by atomic mass is 9.87. The van der Waals surface area contributed by atoms with E-state index in [1.807, 2.05) is 6.07 Å². The highest BCUT2D eigenvalue weighted by Gasteiger charge is 2.20. The first-order valence-electron chi connectivity index (χ1n) is 5.23. The van der Waals surface area contributed by atoms with Crippen molar-refractivity contribution < 1.29 is 4.39 Å². The summed E-state index contributed by atoms with van der Waals surface area (Å²) in [5.74, 6) is -0.214. The predicted molar refractivity (Wildman–Crippen MR) is 65.3 cm³/mol. The average Bonchev–Trinajstić information content (AvgIpc) is 2.16. The molecule has 0 fully saturated rings. The third-order valence-electron chi connectivity index (χ3n) is 2.89. The minimum absolute atomic E-state index is 0.214. The summed E-state index contributed by atoms with van der Waals surface area (Å²) in [7, 11) is 0. The SMILES string of the molecule is CCC(N)(CC)Cc1cc(F)cc(Br)c1. The van der Waals surface area contributed by atoms with Gasteiger partial charge in [-0.05, 0) is 43.0 Å². The van der Waals surface area contributed by atoms with Gasteiger partial charge in [-0.1, -0.05) is 29.8 Å². The molecule has 84 valence electrons. The van der Waals surface area contributed by atoms with E-state index in [1.165, 1.54) is 6.07 Å². The molecule has 0 aliphatic heterocycles. The zero-order chi connectivity index (χ0) is 11.5. The van der Waals surface area contributed by atoms with Crippen molar-refractivity contribution in [3.05, 3.63) is 34.1 Å². The third-order valence-corrected chi connectivity index (χ3v) is 3.34. The minimum atomic E-state index is -0.215. The van der Waals surface area contributed by atoms with Crippen LogP contribution in [0.1, 0.15) is 32.3 Å². The smallest absolute Gasteiger partial charge is 0.124 e. The van der Waals surface area contributed by atoms with Gasteiger partial charge in [0.2, 0.25) is 0 Å². The molecule has 0 aliphatic carbocycles. The Kier molecular flexibility index (Phi) is 4.29. The van der Waals surface area contributed by atoms with E-state index >= 15 is 0 Å². The molecule has 0 unspecified atom stereocenters. The number of hydrogen-bond donors (Lipinski definition) is 1. The van der Waals surface area contributed by atoms with Gasteiger partial charge in [-0.2, -0.15) is 0 Å². The Hall–Kier alpha value is -0.410. The molecule has 15 heavy (non-hydrogen) atoms. The van der Waals surface area contributed by atoms with E-state index < -0.39 is 0 Å². The molecule has 0 bridgehead atoms. The monoisotopic (exact) mass is 273 g/mol. The van der Waals surface area contributed by atoms with Crippen LogP contribution in [0.25, 0.3) is 0 Å². The van der Waals surface area contributed by atoms with Crippen molar-refractivity contribution in [3.8, 4) is 0 Å². The zero-order valence-corrected chi connectivity index (χ0v) is 10.8. The number of hydrogen-bond acceptors (Lipinski definition) is 1. The molecule has 1 aromatic carbocycles. The Bertz CT molecular complexity index is 314. The van der Waals surface area contributed by atoms with E-state index in [0.29, 0.717) is 0 Å². The van der Waals surface area contributed by atoms with Gasteiger partial charge in [0.1, 0.15) is 5.82 Å². The van der Waals surface area contributed by atoms with E-state index in [9.17, 15) is 4.39 Å². The molecule has 0 aliphatic rings. The van der Waals surface area contributed by atoms with E-state index in [0.717, 1.165) is 29.3 Å². The standard InChI is InChI=1S/C12H17BrFN/c1-3-12(15,4-2)8-9-5-10(13)7-11(14)6-9/h5-7H,3-4,8,15H2,1-2H3. The topological polar surface area (TPSA) is 26.0 Å². The van der Waals surface area contributed by atoms with E-state index in [-0.39, 0.29) is 11.4 Å². The number of nitrogens with two attached hydrogens (primary N) is 1. The molecule has 1 aromatic rings. The second kappa shape index (κ2) is 5.08. The maximum Gasteiger partial charge on any atom is 0.124 e. The van der Waals surface area contributed by atoms with Crippen molar-refractivity contribution in [1.29, 1.82) is 0 Å². The summed E-state index contributed by atoms with van der Waals surface area (Å²) in [4.78, 5) is 0. The fourth-order valence-electron chi connectivity index (χ4n) is 1.62. The highest BCUT2D eigenvalue weighted by Crippen LogP contribution is 2.22. The van der Waals surface area contributed by atoms with Gasteiger partial charge >= 0.3 is 0 Å². The molecular formula is C12H17BrFN. The first-order chi connectivity index (χ1) is 6.99. The lowest BCUT2D eigenvalue weighted by Crippen LogP contribution is -2.40. The van der Waals surface area contributed by atoms with Gasteiger partial charge in [-0.3, -0.25) is 0 Å². The quantitative estimate of drug-likeness (QED) is 0.891. The van der Waals surface area contributed by atoms with Crippen LogP contribution in [0.15, 0.2) is 22.7 Å². The second-order valence-corrected chi connectivity index (χ2v) is 4.94. The minimum Gasteiger partial charge on any atom is -0.325 e. The van der Waals surface area contributed by atoms with E-state index in [2.05, 4.69) is 29.8 Å². The van der Waals surface area contributed by atoms with E-state index in [4.69, 9.17) is 5.73 Å². The maximum absolute atomic E-state index is 13.1. The lowest BCUT2D eigenvalue weighted by Gasteiger charge is -2.26. The molecular weight excluding hydrogens is 257 g/mol. The molecule has 0 radical (unpaired) electrons. The molecule has 1 rings (SSSR count). The van der Waals surface area contributed by atoms with Crippen LogP contribution in [0, 0.1) is 5.82 Å². The van der Waals surface area contributed by atoms with Crippen LogP contribution < -0.4 is 5.73 Å².